The Kier molecular flexibility index (Phi) is 8.47. The van der Waals surface area contributed by atoms with Gasteiger partial charge in [0.15, 0.2) is 0 Å². The molecule has 0 heterocycles. The van der Waals surface area contributed by atoms with Crippen molar-refractivity contribution >= 4 is 35.2 Å². The predicted octanol–water partition coefficient (Wildman–Crippen LogP) is 2.93. The molecule has 0 fully saturated rings. The number of urea groups is 1. The summed E-state index contributed by atoms with van der Waals surface area (Å²) in [4.78, 5) is 21.7. The molecular formula is C14H18Cl2N2O4. The molecule has 0 aliphatic heterocycles. The second-order valence-electron chi connectivity index (χ2n) is 4.46. The zero-order valence-corrected chi connectivity index (χ0v) is 13.4. The van der Waals surface area contributed by atoms with E-state index in [2.05, 4.69) is 10.6 Å². The molecule has 3 N–H and O–H groups in total. The number of halogens is 2. The van der Waals surface area contributed by atoms with Gasteiger partial charge >= 0.3 is 12.0 Å². The monoisotopic (exact) mass is 348 g/mol. The third-order valence-electron chi connectivity index (χ3n) is 2.61. The molecule has 0 atom stereocenters. The van der Waals surface area contributed by atoms with Crippen LogP contribution in [-0.2, 0) is 4.79 Å². The van der Waals surface area contributed by atoms with Crippen LogP contribution in [0.3, 0.4) is 0 Å². The Hall–Kier alpha value is -1.66. The summed E-state index contributed by atoms with van der Waals surface area (Å²) in [6.45, 7) is 1.17. The molecule has 1 aromatic carbocycles. The summed E-state index contributed by atoms with van der Waals surface area (Å²) in [6.07, 6.45) is 1.05. The lowest BCUT2D eigenvalue weighted by molar-refractivity contribution is -0.137. The predicted molar refractivity (Wildman–Crippen MR) is 84.8 cm³/mol. The van der Waals surface area contributed by atoms with Crippen LogP contribution in [0.2, 0.25) is 10.0 Å². The molecule has 0 radical (unpaired) electrons. The van der Waals surface area contributed by atoms with Crippen molar-refractivity contribution in [1.82, 2.24) is 10.6 Å². The van der Waals surface area contributed by atoms with Crippen molar-refractivity contribution in [3.8, 4) is 5.75 Å². The van der Waals surface area contributed by atoms with Crippen LogP contribution < -0.4 is 15.4 Å². The lowest BCUT2D eigenvalue weighted by atomic mass is 10.3. The molecule has 0 unspecified atom stereocenters. The van der Waals surface area contributed by atoms with Gasteiger partial charge in [0.2, 0.25) is 0 Å². The van der Waals surface area contributed by atoms with Gasteiger partial charge in [0, 0.05) is 24.5 Å². The standard InChI is InChI=1S/C14H18Cl2N2O4/c15-10-4-5-12(11(16)9-10)22-8-2-7-18-14(21)17-6-1-3-13(19)20/h4-5,9H,1-3,6-8H2,(H,19,20)(H2,17,18,21). The average Bonchev–Trinajstić information content (AvgIpc) is 2.45. The van der Waals surface area contributed by atoms with Gasteiger partial charge in [-0.25, -0.2) is 4.79 Å². The van der Waals surface area contributed by atoms with Crippen molar-refractivity contribution < 1.29 is 19.4 Å². The van der Waals surface area contributed by atoms with Crippen LogP contribution in [0, 0.1) is 0 Å². The summed E-state index contributed by atoms with van der Waals surface area (Å²) >= 11 is 11.7. The van der Waals surface area contributed by atoms with Gasteiger partial charge < -0.3 is 20.5 Å². The molecule has 6 nitrogen and oxygen atoms in total. The van der Waals surface area contributed by atoms with Crippen LogP contribution in [0.1, 0.15) is 19.3 Å². The molecule has 0 saturated carbocycles. The highest BCUT2D eigenvalue weighted by molar-refractivity contribution is 6.35. The number of ether oxygens (including phenoxy) is 1. The second-order valence-corrected chi connectivity index (χ2v) is 5.30. The number of hydrogen-bond acceptors (Lipinski definition) is 3. The Morgan fingerprint density at radius 3 is 2.45 bits per heavy atom. The highest BCUT2D eigenvalue weighted by Gasteiger charge is 2.03. The van der Waals surface area contributed by atoms with Crippen LogP contribution >= 0.6 is 23.2 Å². The number of hydrogen-bond donors (Lipinski definition) is 3. The van der Waals surface area contributed by atoms with Crippen molar-refractivity contribution in [2.75, 3.05) is 19.7 Å². The summed E-state index contributed by atoms with van der Waals surface area (Å²) in [5.74, 6) is -0.329. The summed E-state index contributed by atoms with van der Waals surface area (Å²) < 4.78 is 5.47. The van der Waals surface area contributed by atoms with Gasteiger partial charge in [-0.15, -0.1) is 0 Å². The van der Waals surface area contributed by atoms with E-state index in [0.29, 0.717) is 48.3 Å². The van der Waals surface area contributed by atoms with E-state index in [-0.39, 0.29) is 12.5 Å². The molecule has 1 rings (SSSR count). The lowest BCUT2D eigenvalue weighted by Crippen LogP contribution is -2.37. The maximum absolute atomic E-state index is 11.4. The number of rotatable bonds is 9. The minimum absolute atomic E-state index is 0.0377. The van der Waals surface area contributed by atoms with Crippen LogP contribution in [0.5, 0.6) is 5.75 Å². The van der Waals surface area contributed by atoms with Crippen LogP contribution in [0.4, 0.5) is 4.79 Å². The Bertz CT molecular complexity index is 512. The fourth-order valence-electron chi connectivity index (χ4n) is 1.55. The Labute approximate surface area is 138 Å². The van der Waals surface area contributed by atoms with E-state index in [1.165, 1.54) is 0 Å². The van der Waals surface area contributed by atoms with E-state index >= 15 is 0 Å². The maximum atomic E-state index is 11.4. The first-order valence-electron chi connectivity index (χ1n) is 6.80. The van der Waals surface area contributed by atoms with Crippen LogP contribution in [0.15, 0.2) is 18.2 Å². The summed E-state index contributed by atoms with van der Waals surface area (Å²) in [5.41, 5.74) is 0. The van der Waals surface area contributed by atoms with Crippen molar-refractivity contribution in [2.24, 2.45) is 0 Å². The van der Waals surface area contributed by atoms with E-state index in [0.717, 1.165) is 0 Å². The molecule has 122 valence electrons. The van der Waals surface area contributed by atoms with Crippen LogP contribution in [-0.4, -0.2) is 36.8 Å². The van der Waals surface area contributed by atoms with Crippen molar-refractivity contribution in [1.29, 1.82) is 0 Å². The number of benzene rings is 1. The topological polar surface area (TPSA) is 87.7 Å². The summed E-state index contributed by atoms with van der Waals surface area (Å²) in [6, 6.07) is 4.65. The van der Waals surface area contributed by atoms with E-state index in [1.54, 1.807) is 18.2 Å². The molecule has 0 aliphatic carbocycles. The quantitative estimate of drug-likeness (QED) is 0.598. The van der Waals surface area contributed by atoms with E-state index < -0.39 is 5.97 Å². The van der Waals surface area contributed by atoms with Gasteiger partial charge in [0.05, 0.1) is 11.6 Å². The minimum Gasteiger partial charge on any atom is -0.492 e. The number of nitrogens with one attached hydrogen (secondary N) is 2. The van der Waals surface area contributed by atoms with E-state index in [9.17, 15) is 9.59 Å². The first-order chi connectivity index (χ1) is 10.5. The number of carboxylic acids is 1. The smallest absolute Gasteiger partial charge is 0.314 e. The first-order valence-corrected chi connectivity index (χ1v) is 7.56. The molecule has 8 heteroatoms. The number of amides is 2. The van der Waals surface area contributed by atoms with Gasteiger partial charge in [0.25, 0.3) is 0 Å². The van der Waals surface area contributed by atoms with Gasteiger partial charge in [-0.2, -0.15) is 0 Å². The molecule has 0 saturated heterocycles. The molecule has 22 heavy (non-hydrogen) atoms. The molecule has 2 amide bonds. The van der Waals surface area contributed by atoms with Crippen molar-refractivity contribution in [3.05, 3.63) is 28.2 Å². The fourth-order valence-corrected chi connectivity index (χ4v) is 2.02. The molecule has 0 aromatic heterocycles. The van der Waals surface area contributed by atoms with Crippen molar-refractivity contribution in [2.45, 2.75) is 19.3 Å². The summed E-state index contributed by atoms with van der Waals surface area (Å²) in [7, 11) is 0. The third-order valence-corrected chi connectivity index (χ3v) is 3.14. The average molecular weight is 349 g/mol. The molecular weight excluding hydrogens is 331 g/mol. The Morgan fingerprint density at radius 1 is 1.14 bits per heavy atom. The number of aliphatic carboxylic acids is 1. The summed E-state index contributed by atoms with van der Waals surface area (Å²) in [5, 5.41) is 14.7. The van der Waals surface area contributed by atoms with E-state index in [1.807, 2.05) is 0 Å². The zero-order valence-electron chi connectivity index (χ0n) is 11.9. The zero-order chi connectivity index (χ0) is 16.4. The molecule has 0 bridgehead atoms. The Balaban J connectivity index is 2.07. The Morgan fingerprint density at radius 2 is 1.82 bits per heavy atom. The van der Waals surface area contributed by atoms with Crippen molar-refractivity contribution in [3.63, 3.8) is 0 Å². The highest BCUT2D eigenvalue weighted by Crippen LogP contribution is 2.27. The molecule has 0 spiro atoms. The van der Waals surface area contributed by atoms with E-state index in [4.69, 9.17) is 33.0 Å². The third kappa shape index (κ3) is 7.95. The van der Waals surface area contributed by atoms with Gasteiger partial charge in [-0.05, 0) is 31.0 Å². The maximum Gasteiger partial charge on any atom is 0.314 e. The minimum atomic E-state index is -0.875. The number of carboxylic acid groups (broad SMARTS) is 1. The number of carbonyl (C=O) groups is 2. The number of carbonyl (C=O) groups excluding carboxylic acids is 1. The normalized spacial score (nSPS) is 10.1. The molecule has 1 aromatic rings. The van der Waals surface area contributed by atoms with Gasteiger partial charge in [-0.1, -0.05) is 23.2 Å². The van der Waals surface area contributed by atoms with Gasteiger partial charge in [0.1, 0.15) is 5.75 Å². The molecule has 0 aliphatic rings. The first kappa shape index (κ1) is 18.4. The van der Waals surface area contributed by atoms with Crippen LogP contribution in [0.25, 0.3) is 0 Å². The highest BCUT2D eigenvalue weighted by atomic mass is 35.5. The largest absolute Gasteiger partial charge is 0.492 e. The fraction of sp³-hybridized carbons (Fsp3) is 0.429. The SMILES string of the molecule is O=C(O)CCCNC(=O)NCCCOc1ccc(Cl)cc1Cl. The van der Waals surface area contributed by atoms with Gasteiger partial charge in [-0.3, -0.25) is 4.79 Å². The lowest BCUT2D eigenvalue weighted by Gasteiger charge is -2.09. The second kappa shape index (κ2) is 10.1.